The molecule has 0 heterocycles. The fraction of sp³-hybridized carbons (Fsp3) is 0.727. The van der Waals surface area contributed by atoms with Gasteiger partial charge < -0.3 is 4.74 Å². The van der Waals surface area contributed by atoms with E-state index in [0.29, 0.717) is 17.0 Å². The summed E-state index contributed by atoms with van der Waals surface area (Å²) in [6.45, 7) is 2.26. The van der Waals surface area contributed by atoms with Gasteiger partial charge >= 0.3 is 5.97 Å². The van der Waals surface area contributed by atoms with Gasteiger partial charge in [-0.3, -0.25) is 0 Å². The average Bonchev–Trinajstić information content (AvgIpc) is 2.19. The Morgan fingerprint density at radius 1 is 1.43 bits per heavy atom. The first-order valence-electron chi connectivity index (χ1n) is 5.28. The van der Waals surface area contributed by atoms with Crippen molar-refractivity contribution in [3.8, 4) is 0 Å². The highest BCUT2D eigenvalue weighted by molar-refractivity contribution is 9.12. The number of carbonyl (C=O) groups excluding carboxylic acids is 1. The molecule has 0 amide bonds. The molecule has 3 heteroatoms. The highest BCUT2D eigenvalue weighted by Crippen LogP contribution is 2.26. The first kappa shape index (κ1) is 11.8. The monoisotopic (exact) mass is 260 g/mol. The van der Waals surface area contributed by atoms with Crippen molar-refractivity contribution in [2.24, 2.45) is 5.92 Å². The fourth-order valence-corrected chi connectivity index (χ4v) is 2.26. The molecule has 0 radical (unpaired) electrons. The topological polar surface area (TPSA) is 26.3 Å². The Morgan fingerprint density at radius 2 is 2.07 bits per heavy atom. The first-order chi connectivity index (χ1) is 6.74. The zero-order valence-electron chi connectivity index (χ0n) is 8.59. The zero-order chi connectivity index (χ0) is 10.4. The Hall–Kier alpha value is -0.310. The van der Waals surface area contributed by atoms with Gasteiger partial charge in [-0.25, -0.2) is 4.79 Å². The standard InChI is InChI=1S/C11H17BrO2/c1-2-14-11(13)10(12)8-9-6-4-3-5-7-9/h8-9H,2-7H2,1H3/b10-8-. The summed E-state index contributed by atoms with van der Waals surface area (Å²) < 4.78 is 5.48. The summed E-state index contributed by atoms with van der Waals surface area (Å²) in [6.07, 6.45) is 8.32. The van der Waals surface area contributed by atoms with E-state index in [0.717, 1.165) is 0 Å². The lowest BCUT2D eigenvalue weighted by atomic mass is 9.89. The summed E-state index contributed by atoms with van der Waals surface area (Å²) in [6, 6.07) is 0. The van der Waals surface area contributed by atoms with E-state index in [1.54, 1.807) is 0 Å². The summed E-state index contributed by atoms with van der Waals surface area (Å²) in [7, 11) is 0. The zero-order valence-corrected chi connectivity index (χ0v) is 10.2. The summed E-state index contributed by atoms with van der Waals surface area (Å²) in [4.78, 5) is 11.3. The second-order valence-electron chi connectivity index (χ2n) is 3.63. The molecule has 0 bridgehead atoms. The van der Waals surface area contributed by atoms with E-state index in [1.807, 2.05) is 13.0 Å². The van der Waals surface area contributed by atoms with Gasteiger partial charge in [-0.2, -0.15) is 0 Å². The van der Waals surface area contributed by atoms with Gasteiger partial charge in [-0.1, -0.05) is 25.3 Å². The van der Waals surface area contributed by atoms with Gasteiger partial charge in [-0.05, 0) is 41.6 Å². The molecule has 0 spiro atoms. The van der Waals surface area contributed by atoms with Crippen molar-refractivity contribution >= 4 is 21.9 Å². The molecule has 0 aromatic rings. The maximum Gasteiger partial charge on any atom is 0.344 e. The Morgan fingerprint density at radius 3 is 2.64 bits per heavy atom. The van der Waals surface area contributed by atoms with E-state index in [-0.39, 0.29) is 5.97 Å². The molecule has 0 aromatic heterocycles. The lowest BCUT2D eigenvalue weighted by Crippen LogP contribution is -2.08. The maximum atomic E-state index is 11.3. The van der Waals surface area contributed by atoms with Crippen LogP contribution in [0.2, 0.25) is 0 Å². The lowest BCUT2D eigenvalue weighted by Gasteiger charge is -2.18. The molecule has 1 fully saturated rings. The normalized spacial score (nSPS) is 19.4. The lowest BCUT2D eigenvalue weighted by molar-refractivity contribution is -0.137. The van der Waals surface area contributed by atoms with Crippen molar-refractivity contribution in [2.75, 3.05) is 6.61 Å². The molecule has 0 atom stereocenters. The van der Waals surface area contributed by atoms with Crippen molar-refractivity contribution in [1.29, 1.82) is 0 Å². The number of hydrogen-bond donors (Lipinski definition) is 0. The molecule has 0 unspecified atom stereocenters. The summed E-state index contributed by atoms with van der Waals surface area (Å²) >= 11 is 3.27. The minimum atomic E-state index is -0.238. The van der Waals surface area contributed by atoms with Crippen LogP contribution in [-0.2, 0) is 9.53 Å². The molecule has 1 rings (SSSR count). The van der Waals surface area contributed by atoms with Gasteiger partial charge in [0, 0.05) is 0 Å². The van der Waals surface area contributed by atoms with Crippen molar-refractivity contribution in [1.82, 2.24) is 0 Å². The molecule has 0 aromatic carbocycles. The van der Waals surface area contributed by atoms with Gasteiger partial charge in [0.2, 0.25) is 0 Å². The van der Waals surface area contributed by atoms with Crippen molar-refractivity contribution in [3.05, 3.63) is 10.6 Å². The van der Waals surface area contributed by atoms with Crippen LogP contribution < -0.4 is 0 Å². The van der Waals surface area contributed by atoms with E-state index < -0.39 is 0 Å². The molecular weight excluding hydrogens is 244 g/mol. The number of rotatable bonds is 3. The second-order valence-corrected chi connectivity index (χ2v) is 4.49. The van der Waals surface area contributed by atoms with Crippen LogP contribution in [0.1, 0.15) is 39.0 Å². The van der Waals surface area contributed by atoms with E-state index in [2.05, 4.69) is 15.9 Å². The number of carbonyl (C=O) groups is 1. The third kappa shape index (κ3) is 3.82. The Labute approximate surface area is 93.8 Å². The first-order valence-corrected chi connectivity index (χ1v) is 6.07. The Kier molecular flexibility index (Phi) is 5.23. The van der Waals surface area contributed by atoms with Crippen LogP contribution in [0.15, 0.2) is 10.6 Å². The van der Waals surface area contributed by atoms with E-state index in [9.17, 15) is 4.79 Å². The number of esters is 1. The molecule has 1 aliphatic carbocycles. The maximum absolute atomic E-state index is 11.3. The predicted molar refractivity (Wildman–Crippen MR) is 60.2 cm³/mol. The molecule has 0 saturated heterocycles. The highest BCUT2D eigenvalue weighted by atomic mass is 79.9. The van der Waals surface area contributed by atoms with E-state index >= 15 is 0 Å². The quantitative estimate of drug-likeness (QED) is 0.574. The van der Waals surface area contributed by atoms with Crippen LogP contribution in [0.3, 0.4) is 0 Å². The number of ether oxygens (including phenoxy) is 1. The van der Waals surface area contributed by atoms with Gasteiger partial charge in [0.05, 0.1) is 11.1 Å². The molecule has 14 heavy (non-hydrogen) atoms. The second kappa shape index (κ2) is 6.23. The number of hydrogen-bond acceptors (Lipinski definition) is 2. The molecule has 1 saturated carbocycles. The molecule has 1 aliphatic rings. The van der Waals surface area contributed by atoms with Crippen LogP contribution in [0.4, 0.5) is 0 Å². The van der Waals surface area contributed by atoms with E-state index in [1.165, 1.54) is 32.1 Å². The van der Waals surface area contributed by atoms with Crippen molar-refractivity contribution in [3.63, 3.8) is 0 Å². The van der Waals surface area contributed by atoms with Gasteiger partial charge in [0.1, 0.15) is 0 Å². The third-order valence-corrected chi connectivity index (χ3v) is 3.09. The molecule has 0 aliphatic heterocycles. The van der Waals surface area contributed by atoms with Crippen LogP contribution in [0.25, 0.3) is 0 Å². The van der Waals surface area contributed by atoms with Gasteiger partial charge in [0.15, 0.2) is 0 Å². The third-order valence-electron chi connectivity index (χ3n) is 2.50. The highest BCUT2D eigenvalue weighted by Gasteiger charge is 2.14. The van der Waals surface area contributed by atoms with Crippen molar-refractivity contribution in [2.45, 2.75) is 39.0 Å². The summed E-state index contributed by atoms with van der Waals surface area (Å²) in [5.74, 6) is 0.320. The Balaban J connectivity index is 2.44. The SMILES string of the molecule is CCOC(=O)/C(Br)=C/C1CCCCC1. The largest absolute Gasteiger partial charge is 0.462 e. The number of allylic oxidation sites excluding steroid dienone is 1. The average molecular weight is 261 g/mol. The molecular formula is C11H17BrO2. The molecule has 2 nitrogen and oxygen atoms in total. The predicted octanol–water partition coefficient (Wildman–Crippen LogP) is 3.41. The van der Waals surface area contributed by atoms with Crippen molar-refractivity contribution < 1.29 is 9.53 Å². The van der Waals surface area contributed by atoms with Crippen LogP contribution in [-0.4, -0.2) is 12.6 Å². The number of halogens is 1. The van der Waals surface area contributed by atoms with Crippen LogP contribution >= 0.6 is 15.9 Å². The van der Waals surface area contributed by atoms with Crippen LogP contribution in [0, 0.1) is 5.92 Å². The molecule has 0 N–H and O–H groups in total. The van der Waals surface area contributed by atoms with Crippen LogP contribution in [0.5, 0.6) is 0 Å². The smallest absolute Gasteiger partial charge is 0.344 e. The summed E-state index contributed by atoms with van der Waals surface area (Å²) in [5, 5.41) is 0. The fourth-order valence-electron chi connectivity index (χ4n) is 1.78. The Bertz CT molecular complexity index is 217. The minimum Gasteiger partial charge on any atom is -0.462 e. The minimum absolute atomic E-state index is 0.238. The van der Waals surface area contributed by atoms with E-state index in [4.69, 9.17) is 4.74 Å². The van der Waals surface area contributed by atoms with Gasteiger partial charge in [-0.15, -0.1) is 0 Å². The summed E-state index contributed by atoms with van der Waals surface area (Å²) in [5.41, 5.74) is 0. The molecule has 80 valence electrons. The van der Waals surface area contributed by atoms with Gasteiger partial charge in [0.25, 0.3) is 0 Å².